The Kier molecular flexibility index (Phi) is 5.44. The second-order valence-corrected chi connectivity index (χ2v) is 13.1. The van der Waals surface area contributed by atoms with Gasteiger partial charge in [0.25, 0.3) is 0 Å². The Morgan fingerprint density at radius 1 is 1.38 bits per heavy atom. The standard InChI is InChI=1S/C16H30N2O5Si/c1-10-8-18(15(21)17-14(10)20)13-7-11(12(9-19)22-13)23-24(5,6)16(2,3)4/h10-13,19H,7-9H2,1-6H3,(H,17,20,21)/t10?,11-,12+,13+/m0/s1. The number of urea groups is 1. The molecule has 4 atom stereocenters. The Balaban J connectivity index is 2.09. The van der Waals surface area contributed by atoms with Gasteiger partial charge >= 0.3 is 6.03 Å². The summed E-state index contributed by atoms with van der Waals surface area (Å²) in [6, 6.07) is -0.437. The molecule has 0 spiro atoms. The minimum atomic E-state index is -2.01. The van der Waals surface area contributed by atoms with Gasteiger partial charge in [0.05, 0.1) is 18.6 Å². The number of ether oxygens (including phenoxy) is 1. The van der Waals surface area contributed by atoms with Crippen molar-refractivity contribution >= 4 is 20.3 Å². The lowest BCUT2D eigenvalue weighted by atomic mass is 10.1. The molecule has 2 rings (SSSR count). The minimum Gasteiger partial charge on any atom is -0.411 e. The fourth-order valence-electron chi connectivity index (χ4n) is 2.75. The van der Waals surface area contributed by atoms with E-state index in [1.54, 1.807) is 6.92 Å². The first-order valence-electron chi connectivity index (χ1n) is 8.52. The maximum Gasteiger partial charge on any atom is 0.326 e. The summed E-state index contributed by atoms with van der Waals surface area (Å²) >= 11 is 0. The van der Waals surface area contributed by atoms with Crippen molar-refractivity contribution in [1.82, 2.24) is 10.2 Å². The summed E-state index contributed by atoms with van der Waals surface area (Å²) in [5.74, 6) is -0.540. The Bertz CT molecular complexity index is 505. The van der Waals surface area contributed by atoms with E-state index in [0.29, 0.717) is 13.0 Å². The molecular formula is C16H30N2O5Si. The zero-order valence-corrected chi connectivity index (χ0v) is 16.5. The maximum absolute atomic E-state index is 12.1. The van der Waals surface area contributed by atoms with E-state index in [0.717, 1.165) is 0 Å². The molecule has 2 heterocycles. The van der Waals surface area contributed by atoms with Crippen molar-refractivity contribution in [2.24, 2.45) is 5.92 Å². The van der Waals surface area contributed by atoms with Gasteiger partial charge < -0.3 is 14.3 Å². The number of rotatable bonds is 4. The Hall–Kier alpha value is -0.963. The molecule has 2 fully saturated rings. The van der Waals surface area contributed by atoms with Crippen LogP contribution in [0.15, 0.2) is 0 Å². The largest absolute Gasteiger partial charge is 0.411 e. The quantitative estimate of drug-likeness (QED) is 0.747. The molecule has 1 unspecified atom stereocenters. The highest BCUT2D eigenvalue weighted by atomic mass is 28.4. The van der Waals surface area contributed by atoms with Crippen molar-refractivity contribution in [2.75, 3.05) is 13.2 Å². The number of carbonyl (C=O) groups is 2. The van der Waals surface area contributed by atoms with Gasteiger partial charge in [0, 0.05) is 13.0 Å². The molecule has 0 aromatic carbocycles. The van der Waals surface area contributed by atoms with Gasteiger partial charge in [-0.25, -0.2) is 4.79 Å². The van der Waals surface area contributed by atoms with E-state index in [4.69, 9.17) is 9.16 Å². The number of carbonyl (C=O) groups excluding carboxylic acids is 2. The maximum atomic E-state index is 12.1. The molecule has 2 saturated heterocycles. The van der Waals surface area contributed by atoms with Crippen molar-refractivity contribution in [3.63, 3.8) is 0 Å². The SMILES string of the molecule is CC1CN([C@H]2C[C@H](O[Si](C)(C)C(C)(C)C)[C@@H](CO)O2)C(=O)NC1=O. The average Bonchev–Trinajstić information content (AvgIpc) is 2.83. The second-order valence-electron chi connectivity index (χ2n) is 8.31. The average molecular weight is 359 g/mol. The normalized spacial score (nSPS) is 32.2. The van der Waals surface area contributed by atoms with E-state index in [1.807, 2.05) is 0 Å². The molecule has 0 saturated carbocycles. The Labute approximate surface area is 144 Å². The number of hydrogen-bond acceptors (Lipinski definition) is 5. The van der Waals surface area contributed by atoms with Crippen molar-refractivity contribution < 1.29 is 23.9 Å². The summed E-state index contributed by atoms with van der Waals surface area (Å²) in [4.78, 5) is 25.2. The predicted octanol–water partition coefficient (Wildman–Crippen LogP) is 1.67. The van der Waals surface area contributed by atoms with Gasteiger partial charge in [-0.3, -0.25) is 15.0 Å². The van der Waals surface area contributed by atoms with Crippen LogP contribution in [0.4, 0.5) is 4.79 Å². The van der Waals surface area contributed by atoms with Crippen LogP contribution in [0.1, 0.15) is 34.1 Å². The van der Waals surface area contributed by atoms with E-state index in [1.165, 1.54) is 4.90 Å². The molecule has 2 aliphatic heterocycles. The van der Waals surface area contributed by atoms with Gasteiger partial charge in [0.15, 0.2) is 8.32 Å². The summed E-state index contributed by atoms with van der Waals surface area (Å²) in [5.41, 5.74) is 0. The van der Waals surface area contributed by atoms with E-state index in [9.17, 15) is 14.7 Å². The van der Waals surface area contributed by atoms with Crippen molar-refractivity contribution in [1.29, 1.82) is 0 Å². The van der Waals surface area contributed by atoms with Crippen molar-refractivity contribution in [2.45, 2.75) is 70.7 Å². The smallest absolute Gasteiger partial charge is 0.326 e. The number of imide groups is 1. The van der Waals surface area contributed by atoms with E-state index in [2.05, 4.69) is 39.2 Å². The summed E-state index contributed by atoms with van der Waals surface area (Å²) in [7, 11) is -2.01. The van der Waals surface area contributed by atoms with Crippen LogP contribution < -0.4 is 5.32 Å². The van der Waals surface area contributed by atoms with Gasteiger partial charge in [0.1, 0.15) is 12.3 Å². The molecular weight excluding hydrogens is 328 g/mol. The fourth-order valence-corrected chi connectivity index (χ4v) is 4.10. The summed E-state index contributed by atoms with van der Waals surface area (Å²) in [6.07, 6.45) is -0.676. The highest BCUT2D eigenvalue weighted by Gasteiger charge is 2.47. The molecule has 138 valence electrons. The van der Waals surface area contributed by atoms with Gasteiger partial charge in [0.2, 0.25) is 5.91 Å². The van der Waals surface area contributed by atoms with Gasteiger partial charge in [-0.15, -0.1) is 0 Å². The van der Waals surface area contributed by atoms with Crippen molar-refractivity contribution in [3.05, 3.63) is 0 Å². The van der Waals surface area contributed by atoms with Gasteiger partial charge in [-0.1, -0.05) is 27.7 Å². The number of amides is 3. The molecule has 8 heteroatoms. The highest BCUT2D eigenvalue weighted by Crippen LogP contribution is 2.40. The topological polar surface area (TPSA) is 88.1 Å². The first-order chi connectivity index (χ1) is 11.0. The first kappa shape index (κ1) is 19.4. The molecule has 3 amide bonds. The number of aliphatic hydroxyl groups is 1. The third-order valence-corrected chi connectivity index (χ3v) is 9.87. The molecule has 2 N–H and O–H groups in total. The molecule has 0 aromatic heterocycles. The molecule has 0 aliphatic carbocycles. The zero-order chi connectivity index (χ0) is 18.3. The minimum absolute atomic E-state index is 0.0501. The number of nitrogens with one attached hydrogen (secondary N) is 1. The van der Waals surface area contributed by atoms with Crippen LogP contribution >= 0.6 is 0 Å². The molecule has 2 aliphatic rings. The van der Waals surface area contributed by atoms with Crippen LogP contribution in [0.3, 0.4) is 0 Å². The van der Waals surface area contributed by atoms with Crippen LogP contribution in [-0.4, -0.2) is 61.8 Å². The predicted molar refractivity (Wildman–Crippen MR) is 91.8 cm³/mol. The van der Waals surface area contributed by atoms with E-state index in [-0.39, 0.29) is 29.6 Å². The molecule has 0 radical (unpaired) electrons. The van der Waals surface area contributed by atoms with Crippen LogP contribution in [0.25, 0.3) is 0 Å². The fraction of sp³-hybridized carbons (Fsp3) is 0.875. The second kappa shape index (κ2) is 6.74. The molecule has 24 heavy (non-hydrogen) atoms. The Morgan fingerprint density at radius 2 is 2.00 bits per heavy atom. The lowest BCUT2D eigenvalue weighted by Gasteiger charge is -2.39. The highest BCUT2D eigenvalue weighted by molar-refractivity contribution is 6.74. The first-order valence-corrected chi connectivity index (χ1v) is 11.4. The van der Waals surface area contributed by atoms with Crippen LogP contribution in [0.5, 0.6) is 0 Å². The number of hydrogen-bond donors (Lipinski definition) is 2. The van der Waals surface area contributed by atoms with Gasteiger partial charge in [-0.05, 0) is 18.1 Å². The number of nitrogens with zero attached hydrogens (tertiary/aromatic N) is 1. The van der Waals surface area contributed by atoms with E-state index < -0.39 is 26.7 Å². The van der Waals surface area contributed by atoms with Crippen LogP contribution in [-0.2, 0) is 14.0 Å². The zero-order valence-electron chi connectivity index (χ0n) is 15.5. The summed E-state index contributed by atoms with van der Waals surface area (Å²) in [5, 5.41) is 12.0. The lowest BCUT2D eigenvalue weighted by Crippen LogP contribution is -2.57. The molecule has 0 bridgehead atoms. The van der Waals surface area contributed by atoms with Gasteiger partial charge in [-0.2, -0.15) is 0 Å². The monoisotopic (exact) mass is 358 g/mol. The third kappa shape index (κ3) is 3.82. The molecule has 7 nitrogen and oxygen atoms in total. The Morgan fingerprint density at radius 3 is 2.54 bits per heavy atom. The number of aliphatic hydroxyl groups excluding tert-OH is 1. The van der Waals surface area contributed by atoms with E-state index >= 15 is 0 Å². The summed E-state index contributed by atoms with van der Waals surface area (Å²) in [6.45, 7) is 12.7. The third-order valence-electron chi connectivity index (χ3n) is 5.37. The van der Waals surface area contributed by atoms with Crippen LogP contribution in [0.2, 0.25) is 18.1 Å². The van der Waals surface area contributed by atoms with Crippen molar-refractivity contribution in [3.8, 4) is 0 Å². The summed E-state index contributed by atoms with van der Waals surface area (Å²) < 4.78 is 12.3. The lowest BCUT2D eigenvalue weighted by molar-refractivity contribution is -0.128. The van der Waals surface area contributed by atoms with Crippen LogP contribution in [0, 0.1) is 5.92 Å². The molecule has 0 aromatic rings.